The third kappa shape index (κ3) is 2.74. The van der Waals surface area contributed by atoms with Gasteiger partial charge in [0, 0.05) is 16.7 Å². The molecule has 100 valence electrons. The van der Waals surface area contributed by atoms with Crippen LogP contribution in [0.15, 0.2) is 35.6 Å². The molecule has 1 aromatic carbocycles. The van der Waals surface area contributed by atoms with Crippen LogP contribution in [0.2, 0.25) is 0 Å². The fourth-order valence-corrected chi connectivity index (χ4v) is 4.20. The highest BCUT2D eigenvalue weighted by molar-refractivity contribution is 8.00. The number of hydrogen-bond acceptors (Lipinski definition) is 4. The molecule has 19 heavy (non-hydrogen) atoms. The number of benzene rings is 1. The molecule has 3 nitrogen and oxygen atoms in total. The lowest BCUT2D eigenvalue weighted by atomic mass is 9.95. The Balaban J connectivity index is 1.88. The van der Waals surface area contributed by atoms with E-state index in [0.29, 0.717) is 11.3 Å². The average Bonchev–Trinajstić information content (AvgIpc) is 2.48. The van der Waals surface area contributed by atoms with E-state index in [2.05, 4.69) is 40.5 Å². The van der Waals surface area contributed by atoms with Crippen LogP contribution in [0.5, 0.6) is 0 Å². The standard InChI is InChI=1S/C15H19N3S/c1-16-13-8-4-5-9-14(13)19-15-11-6-2-3-7-12(11)17-10-18-15/h2-3,6-7,10,13-14,16H,4-5,8-9H2,1H3. The molecule has 0 bridgehead atoms. The van der Waals surface area contributed by atoms with Gasteiger partial charge in [0.1, 0.15) is 11.4 Å². The van der Waals surface area contributed by atoms with Gasteiger partial charge in [-0.05, 0) is 26.0 Å². The van der Waals surface area contributed by atoms with E-state index in [1.165, 1.54) is 31.1 Å². The van der Waals surface area contributed by atoms with Crippen LogP contribution in [-0.4, -0.2) is 28.3 Å². The Labute approximate surface area is 118 Å². The van der Waals surface area contributed by atoms with Crippen molar-refractivity contribution in [2.45, 2.75) is 42.0 Å². The zero-order chi connectivity index (χ0) is 13.1. The summed E-state index contributed by atoms with van der Waals surface area (Å²) in [6.45, 7) is 0. The lowest BCUT2D eigenvalue weighted by molar-refractivity contribution is 0.405. The van der Waals surface area contributed by atoms with Gasteiger partial charge in [-0.2, -0.15) is 0 Å². The minimum absolute atomic E-state index is 0.604. The maximum atomic E-state index is 4.49. The van der Waals surface area contributed by atoms with Crippen LogP contribution in [0.4, 0.5) is 0 Å². The molecule has 0 saturated heterocycles. The number of para-hydroxylation sites is 1. The Morgan fingerprint density at radius 1 is 1.16 bits per heavy atom. The third-order valence-corrected chi connectivity index (χ3v) is 5.26. The van der Waals surface area contributed by atoms with Crippen molar-refractivity contribution in [3.05, 3.63) is 30.6 Å². The predicted molar refractivity (Wildman–Crippen MR) is 80.5 cm³/mol. The van der Waals surface area contributed by atoms with Gasteiger partial charge < -0.3 is 5.32 Å². The highest BCUT2D eigenvalue weighted by Gasteiger charge is 2.25. The van der Waals surface area contributed by atoms with Crippen molar-refractivity contribution in [3.63, 3.8) is 0 Å². The van der Waals surface area contributed by atoms with Crippen LogP contribution in [0.25, 0.3) is 10.9 Å². The van der Waals surface area contributed by atoms with Crippen molar-refractivity contribution < 1.29 is 0 Å². The van der Waals surface area contributed by atoms with E-state index in [-0.39, 0.29) is 0 Å². The fraction of sp³-hybridized carbons (Fsp3) is 0.467. The smallest absolute Gasteiger partial charge is 0.117 e. The van der Waals surface area contributed by atoms with Crippen LogP contribution >= 0.6 is 11.8 Å². The molecular formula is C15H19N3S. The van der Waals surface area contributed by atoms with E-state index >= 15 is 0 Å². The Morgan fingerprint density at radius 2 is 2.00 bits per heavy atom. The van der Waals surface area contributed by atoms with Crippen molar-refractivity contribution >= 4 is 22.7 Å². The van der Waals surface area contributed by atoms with Crippen molar-refractivity contribution in [1.82, 2.24) is 15.3 Å². The Morgan fingerprint density at radius 3 is 2.89 bits per heavy atom. The lowest BCUT2D eigenvalue weighted by Gasteiger charge is -2.30. The predicted octanol–water partition coefficient (Wildman–Crippen LogP) is 3.25. The van der Waals surface area contributed by atoms with Gasteiger partial charge in [0.05, 0.1) is 5.52 Å². The zero-order valence-electron chi connectivity index (χ0n) is 11.2. The molecule has 1 heterocycles. The van der Waals surface area contributed by atoms with Crippen LogP contribution in [0.1, 0.15) is 25.7 Å². The second kappa shape index (κ2) is 5.88. The van der Waals surface area contributed by atoms with Gasteiger partial charge in [0.15, 0.2) is 0 Å². The first-order valence-electron chi connectivity index (χ1n) is 6.92. The monoisotopic (exact) mass is 273 g/mol. The third-order valence-electron chi connectivity index (χ3n) is 3.84. The zero-order valence-corrected chi connectivity index (χ0v) is 12.0. The first-order chi connectivity index (χ1) is 9.38. The summed E-state index contributed by atoms with van der Waals surface area (Å²) in [6.07, 6.45) is 6.90. The number of nitrogens with zero attached hydrogens (tertiary/aromatic N) is 2. The van der Waals surface area contributed by atoms with Crippen molar-refractivity contribution in [1.29, 1.82) is 0 Å². The van der Waals surface area contributed by atoms with Crippen molar-refractivity contribution in [3.8, 4) is 0 Å². The topological polar surface area (TPSA) is 37.8 Å². The molecule has 0 radical (unpaired) electrons. The molecule has 1 aliphatic carbocycles. The first kappa shape index (κ1) is 12.9. The summed E-state index contributed by atoms with van der Waals surface area (Å²) in [5.74, 6) is 0. The lowest BCUT2D eigenvalue weighted by Crippen LogP contribution is -2.38. The molecule has 4 heteroatoms. The van der Waals surface area contributed by atoms with E-state index < -0.39 is 0 Å². The molecule has 1 N–H and O–H groups in total. The number of aromatic nitrogens is 2. The number of fused-ring (bicyclic) bond motifs is 1. The van der Waals surface area contributed by atoms with Crippen molar-refractivity contribution in [2.24, 2.45) is 0 Å². The summed E-state index contributed by atoms with van der Waals surface area (Å²) in [4.78, 5) is 8.83. The van der Waals surface area contributed by atoms with Crippen LogP contribution in [-0.2, 0) is 0 Å². The van der Waals surface area contributed by atoms with E-state index in [9.17, 15) is 0 Å². The number of hydrogen-bond donors (Lipinski definition) is 1. The molecule has 1 aromatic heterocycles. The first-order valence-corrected chi connectivity index (χ1v) is 7.80. The van der Waals surface area contributed by atoms with Crippen molar-refractivity contribution in [2.75, 3.05) is 7.05 Å². The molecule has 1 saturated carbocycles. The number of rotatable bonds is 3. The molecule has 0 spiro atoms. The minimum atomic E-state index is 0.604. The highest BCUT2D eigenvalue weighted by Crippen LogP contribution is 2.35. The molecule has 1 aliphatic rings. The normalized spacial score (nSPS) is 23.6. The second-order valence-corrected chi connectivity index (χ2v) is 6.26. The van der Waals surface area contributed by atoms with E-state index in [1.807, 2.05) is 17.8 Å². The molecular weight excluding hydrogens is 254 g/mol. The molecule has 2 unspecified atom stereocenters. The number of thioether (sulfide) groups is 1. The van der Waals surface area contributed by atoms with Crippen LogP contribution in [0.3, 0.4) is 0 Å². The van der Waals surface area contributed by atoms with E-state index in [0.717, 1.165) is 10.5 Å². The molecule has 2 aromatic rings. The summed E-state index contributed by atoms with van der Waals surface area (Å²) >= 11 is 1.91. The summed E-state index contributed by atoms with van der Waals surface area (Å²) in [5.41, 5.74) is 1.04. The number of nitrogens with one attached hydrogen (secondary N) is 1. The molecule has 0 aliphatic heterocycles. The quantitative estimate of drug-likeness (QED) is 0.871. The van der Waals surface area contributed by atoms with Crippen LogP contribution < -0.4 is 5.32 Å². The molecule has 2 atom stereocenters. The second-order valence-electron chi connectivity index (χ2n) is 5.03. The summed E-state index contributed by atoms with van der Waals surface area (Å²) in [7, 11) is 2.07. The van der Waals surface area contributed by atoms with Gasteiger partial charge >= 0.3 is 0 Å². The largest absolute Gasteiger partial charge is 0.316 e. The van der Waals surface area contributed by atoms with E-state index in [1.54, 1.807) is 6.33 Å². The SMILES string of the molecule is CNC1CCCCC1Sc1ncnc2ccccc12. The van der Waals surface area contributed by atoms with Gasteiger partial charge in [-0.3, -0.25) is 0 Å². The Bertz CT molecular complexity index is 553. The Kier molecular flexibility index (Phi) is 3.99. The van der Waals surface area contributed by atoms with Gasteiger partial charge in [-0.25, -0.2) is 9.97 Å². The van der Waals surface area contributed by atoms with Crippen LogP contribution in [0, 0.1) is 0 Å². The van der Waals surface area contributed by atoms with Gasteiger partial charge in [0.25, 0.3) is 0 Å². The summed E-state index contributed by atoms with van der Waals surface area (Å²) in [5, 5.41) is 6.38. The molecule has 3 rings (SSSR count). The van der Waals surface area contributed by atoms with Gasteiger partial charge in [0.2, 0.25) is 0 Å². The summed E-state index contributed by atoms with van der Waals surface area (Å²) < 4.78 is 0. The average molecular weight is 273 g/mol. The van der Waals surface area contributed by atoms with E-state index in [4.69, 9.17) is 0 Å². The maximum Gasteiger partial charge on any atom is 0.117 e. The molecule has 1 fully saturated rings. The van der Waals surface area contributed by atoms with Gasteiger partial charge in [-0.1, -0.05) is 31.0 Å². The summed E-state index contributed by atoms with van der Waals surface area (Å²) in [6, 6.07) is 8.87. The fourth-order valence-electron chi connectivity index (χ4n) is 2.79. The maximum absolute atomic E-state index is 4.49. The highest BCUT2D eigenvalue weighted by atomic mass is 32.2. The Hall–Kier alpha value is -1.13. The minimum Gasteiger partial charge on any atom is -0.316 e. The van der Waals surface area contributed by atoms with Gasteiger partial charge in [-0.15, -0.1) is 11.8 Å². The molecule has 0 amide bonds.